The van der Waals surface area contributed by atoms with Crippen molar-refractivity contribution < 1.29 is 13.9 Å². The van der Waals surface area contributed by atoms with Gasteiger partial charge in [-0.2, -0.15) is 0 Å². The second-order valence-electron chi connectivity index (χ2n) is 7.75. The average Bonchev–Trinajstić information content (AvgIpc) is 2.83. The minimum atomic E-state index is -0.326. The zero-order chi connectivity index (χ0) is 23.4. The number of esters is 1. The SMILES string of the molecule is CC/N=c1/ccc2c(-c3ccccc3C(=O)OCC)c3ccc(N(CC)CC)cc3oc-2c1. The van der Waals surface area contributed by atoms with Crippen LogP contribution in [0.4, 0.5) is 5.69 Å². The third kappa shape index (κ3) is 4.36. The van der Waals surface area contributed by atoms with Crippen LogP contribution in [-0.4, -0.2) is 32.2 Å². The maximum Gasteiger partial charge on any atom is 0.338 e. The van der Waals surface area contributed by atoms with Gasteiger partial charge in [0.15, 0.2) is 0 Å². The predicted octanol–water partition coefficient (Wildman–Crippen LogP) is 6.15. The summed E-state index contributed by atoms with van der Waals surface area (Å²) in [5, 5.41) is 1.83. The van der Waals surface area contributed by atoms with E-state index in [1.54, 1.807) is 0 Å². The van der Waals surface area contributed by atoms with E-state index in [1.165, 1.54) is 0 Å². The average molecular weight is 443 g/mol. The van der Waals surface area contributed by atoms with Crippen LogP contribution in [0, 0.1) is 0 Å². The van der Waals surface area contributed by atoms with E-state index in [-0.39, 0.29) is 5.97 Å². The van der Waals surface area contributed by atoms with Gasteiger partial charge < -0.3 is 14.1 Å². The molecule has 5 nitrogen and oxygen atoms in total. The Hall–Kier alpha value is -3.60. The smallest absolute Gasteiger partial charge is 0.338 e. The molecule has 0 spiro atoms. The minimum absolute atomic E-state index is 0.326. The summed E-state index contributed by atoms with van der Waals surface area (Å²) in [5.74, 6) is 0.412. The van der Waals surface area contributed by atoms with Gasteiger partial charge in [-0.3, -0.25) is 4.99 Å². The number of hydrogen-bond donors (Lipinski definition) is 0. The highest BCUT2D eigenvalue weighted by Crippen LogP contribution is 2.42. The fraction of sp³-hybridized carbons (Fsp3) is 0.286. The first kappa shape index (κ1) is 22.6. The second kappa shape index (κ2) is 9.90. The molecule has 170 valence electrons. The zero-order valence-electron chi connectivity index (χ0n) is 19.7. The van der Waals surface area contributed by atoms with Crippen LogP contribution in [0.15, 0.2) is 70.1 Å². The first-order chi connectivity index (χ1) is 16.1. The number of nitrogens with zero attached hydrogens (tertiary/aromatic N) is 2. The van der Waals surface area contributed by atoms with Crippen molar-refractivity contribution in [2.45, 2.75) is 27.7 Å². The molecule has 0 unspecified atom stereocenters. The number of carbonyl (C=O) groups excluding carboxylic acids is 1. The molecule has 0 bridgehead atoms. The second-order valence-corrected chi connectivity index (χ2v) is 7.75. The van der Waals surface area contributed by atoms with E-state index in [0.717, 1.165) is 57.6 Å². The van der Waals surface area contributed by atoms with E-state index in [2.05, 4.69) is 41.9 Å². The number of anilines is 1. The first-order valence-electron chi connectivity index (χ1n) is 11.6. The standard InChI is InChI=1S/C28H30N2O3/c1-5-29-19-13-15-23-25(17-19)33-26-18-20(30(6-2)7-3)14-16-24(26)27(23)21-11-9-10-12-22(21)28(31)32-8-4/h9-18H,5-8H2,1-4H3/b29-19-. The number of fused-ring (bicyclic) bond motifs is 2. The maximum atomic E-state index is 12.8. The number of benzene rings is 3. The van der Waals surface area contributed by atoms with Crippen LogP contribution >= 0.6 is 0 Å². The van der Waals surface area contributed by atoms with Crippen LogP contribution in [0.5, 0.6) is 0 Å². The maximum absolute atomic E-state index is 12.8. The molecule has 0 amide bonds. The Morgan fingerprint density at radius 2 is 1.73 bits per heavy atom. The topological polar surface area (TPSA) is 55.0 Å². The Bertz CT molecular complexity index is 1320. The Kier molecular flexibility index (Phi) is 6.78. The van der Waals surface area contributed by atoms with Crippen LogP contribution in [0.2, 0.25) is 0 Å². The number of ether oxygens (including phenoxy) is 1. The molecule has 0 radical (unpaired) electrons. The van der Waals surface area contributed by atoms with E-state index in [9.17, 15) is 4.79 Å². The normalized spacial score (nSPS) is 11.8. The van der Waals surface area contributed by atoms with E-state index < -0.39 is 0 Å². The van der Waals surface area contributed by atoms with Crippen molar-refractivity contribution in [1.82, 2.24) is 0 Å². The summed E-state index contributed by atoms with van der Waals surface area (Å²) in [6.45, 7) is 11.0. The Morgan fingerprint density at radius 3 is 2.45 bits per heavy atom. The summed E-state index contributed by atoms with van der Waals surface area (Å²) < 4.78 is 11.8. The molecular formula is C28H30N2O3. The summed E-state index contributed by atoms with van der Waals surface area (Å²) in [6, 6.07) is 19.9. The van der Waals surface area contributed by atoms with Gasteiger partial charge in [0.25, 0.3) is 0 Å². The monoisotopic (exact) mass is 442 g/mol. The van der Waals surface area contributed by atoms with E-state index in [1.807, 2.05) is 56.3 Å². The lowest BCUT2D eigenvalue weighted by atomic mass is 9.90. The van der Waals surface area contributed by atoms with E-state index in [0.29, 0.717) is 18.7 Å². The summed E-state index contributed by atoms with van der Waals surface area (Å²) in [7, 11) is 0. The fourth-order valence-corrected chi connectivity index (χ4v) is 4.31. The van der Waals surface area contributed by atoms with Crippen molar-refractivity contribution in [3.05, 3.63) is 71.6 Å². The Morgan fingerprint density at radius 1 is 0.939 bits per heavy atom. The highest BCUT2D eigenvalue weighted by atomic mass is 16.5. The van der Waals surface area contributed by atoms with Gasteiger partial charge in [-0.05, 0) is 63.6 Å². The molecule has 4 rings (SSSR count). The van der Waals surface area contributed by atoms with Gasteiger partial charge in [-0.1, -0.05) is 18.2 Å². The molecule has 5 heteroatoms. The van der Waals surface area contributed by atoms with E-state index >= 15 is 0 Å². The molecule has 1 heterocycles. The Balaban J connectivity index is 2.08. The highest BCUT2D eigenvalue weighted by Gasteiger charge is 2.22. The molecule has 2 aromatic rings. The molecule has 1 aliphatic carbocycles. The third-order valence-corrected chi connectivity index (χ3v) is 5.85. The summed E-state index contributed by atoms with van der Waals surface area (Å²) in [6.07, 6.45) is 0. The molecule has 33 heavy (non-hydrogen) atoms. The molecule has 1 aliphatic heterocycles. The number of hydrogen-bond acceptors (Lipinski definition) is 5. The van der Waals surface area contributed by atoms with E-state index in [4.69, 9.17) is 9.15 Å². The molecule has 2 aromatic carbocycles. The molecule has 0 fully saturated rings. The number of carbonyl (C=O) groups is 1. The van der Waals surface area contributed by atoms with Crippen molar-refractivity contribution >= 4 is 22.6 Å². The summed E-state index contributed by atoms with van der Waals surface area (Å²) >= 11 is 0. The van der Waals surface area contributed by atoms with Gasteiger partial charge in [0.1, 0.15) is 11.3 Å². The summed E-state index contributed by atoms with van der Waals surface area (Å²) in [5.41, 5.74) is 5.15. The van der Waals surface area contributed by atoms with Crippen LogP contribution in [-0.2, 0) is 4.74 Å². The quantitative estimate of drug-likeness (QED) is 0.254. The molecule has 0 aromatic heterocycles. The lowest BCUT2D eigenvalue weighted by Gasteiger charge is -2.22. The lowest BCUT2D eigenvalue weighted by Crippen LogP contribution is -2.21. The molecular weight excluding hydrogens is 412 g/mol. The van der Waals surface area contributed by atoms with Gasteiger partial charge in [0, 0.05) is 54.0 Å². The predicted molar refractivity (Wildman–Crippen MR) is 134 cm³/mol. The van der Waals surface area contributed by atoms with Crippen molar-refractivity contribution in [2.24, 2.45) is 4.99 Å². The lowest BCUT2D eigenvalue weighted by molar-refractivity contribution is 0.0527. The highest BCUT2D eigenvalue weighted by molar-refractivity contribution is 6.08. The van der Waals surface area contributed by atoms with Gasteiger partial charge in [-0.25, -0.2) is 4.79 Å². The van der Waals surface area contributed by atoms with Crippen LogP contribution in [0.3, 0.4) is 0 Å². The molecule has 0 saturated heterocycles. The first-order valence-corrected chi connectivity index (χ1v) is 11.6. The minimum Gasteiger partial charge on any atom is -0.462 e. The Labute approximate surface area is 194 Å². The molecule has 0 N–H and O–H groups in total. The van der Waals surface area contributed by atoms with Gasteiger partial charge in [-0.15, -0.1) is 0 Å². The third-order valence-electron chi connectivity index (χ3n) is 5.85. The largest absolute Gasteiger partial charge is 0.462 e. The van der Waals surface area contributed by atoms with Gasteiger partial charge in [0.05, 0.1) is 17.5 Å². The van der Waals surface area contributed by atoms with Crippen molar-refractivity contribution in [3.63, 3.8) is 0 Å². The van der Waals surface area contributed by atoms with Crippen LogP contribution < -0.4 is 10.3 Å². The number of rotatable bonds is 7. The molecule has 2 aliphatic rings. The van der Waals surface area contributed by atoms with Crippen LogP contribution in [0.25, 0.3) is 33.4 Å². The molecule has 0 atom stereocenters. The molecule has 0 saturated carbocycles. The summed E-state index contributed by atoms with van der Waals surface area (Å²) in [4.78, 5) is 19.6. The van der Waals surface area contributed by atoms with Gasteiger partial charge in [0.2, 0.25) is 0 Å². The van der Waals surface area contributed by atoms with Crippen molar-refractivity contribution in [3.8, 4) is 22.5 Å². The zero-order valence-corrected chi connectivity index (χ0v) is 19.7. The fourth-order valence-electron chi connectivity index (χ4n) is 4.31. The van der Waals surface area contributed by atoms with Crippen molar-refractivity contribution in [1.29, 1.82) is 0 Å². The van der Waals surface area contributed by atoms with Crippen molar-refractivity contribution in [2.75, 3.05) is 31.1 Å². The van der Waals surface area contributed by atoms with Gasteiger partial charge >= 0.3 is 5.97 Å². The van der Waals surface area contributed by atoms with Crippen LogP contribution in [0.1, 0.15) is 38.1 Å².